The summed E-state index contributed by atoms with van der Waals surface area (Å²) in [5.74, 6) is 1.70. The smallest absolute Gasteiger partial charge is 0.229 e. The molecule has 0 fully saturated rings. The summed E-state index contributed by atoms with van der Waals surface area (Å²) in [7, 11) is 0. The van der Waals surface area contributed by atoms with E-state index in [9.17, 15) is 0 Å². The Kier molecular flexibility index (Phi) is 4.55. The fourth-order valence-corrected chi connectivity index (χ4v) is 2.22. The summed E-state index contributed by atoms with van der Waals surface area (Å²) in [4.78, 5) is 4.59. The third-order valence-corrected chi connectivity index (χ3v) is 3.76. The molecule has 4 heteroatoms. The molecule has 1 heterocycles. The van der Waals surface area contributed by atoms with E-state index < -0.39 is 0 Å². The highest BCUT2D eigenvalue weighted by Crippen LogP contribution is 2.30. The first-order valence-corrected chi connectivity index (χ1v) is 7.15. The van der Waals surface area contributed by atoms with Gasteiger partial charge in [0.25, 0.3) is 0 Å². The van der Waals surface area contributed by atoms with E-state index in [0.717, 1.165) is 18.7 Å². The zero-order valence-electron chi connectivity index (χ0n) is 12.5. The number of aromatic nitrogens is 2. The molecule has 0 spiro atoms. The van der Waals surface area contributed by atoms with Gasteiger partial charge in [-0.25, -0.2) is 0 Å². The van der Waals surface area contributed by atoms with Crippen LogP contribution in [-0.2, 0) is 5.41 Å². The second kappa shape index (κ2) is 6.18. The van der Waals surface area contributed by atoms with Gasteiger partial charge in [0, 0.05) is 5.92 Å². The second-order valence-corrected chi connectivity index (χ2v) is 5.78. The zero-order chi connectivity index (χ0) is 14.6. The molecule has 0 amide bonds. The van der Waals surface area contributed by atoms with Crippen LogP contribution in [0.4, 0.5) is 0 Å². The topological polar surface area (TPSA) is 64.9 Å². The lowest BCUT2D eigenvalue weighted by molar-refractivity contribution is 0.343. The number of rotatable bonds is 6. The molecule has 0 radical (unpaired) electrons. The summed E-state index contributed by atoms with van der Waals surface area (Å²) >= 11 is 0. The molecule has 0 bridgehead atoms. The molecule has 0 aliphatic carbocycles. The Bertz CT molecular complexity index is 534. The van der Waals surface area contributed by atoms with Crippen LogP contribution in [0.25, 0.3) is 0 Å². The predicted octanol–water partition coefficient (Wildman–Crippen LogP) is 3.24. The van der Waals surface area contributed by atoms with Crippen LogP contribution in [-0.4, -0.2) is 16.7 Å². The maximum absolute atomic E-state index is 5.54. The van der Waals surface area contributed by atoms with Crippen molar-refractivity contribution >= 4 is 0 Å². The van der Waals surface area contributed by atoms with Crippen molar-refractivity contribution in [3.05, 3.63) is 47.6 Å². The van der Waals surface area contributed by atoms with Gasteiger partial charge in [-0.05, 0) is 38.8 Å². The van der Waals surface area contributed by atoms with Gasteiger partial charge in [-0.1, -0.05) is 42.4 Å². The van der Waals surface area contributed by atoms with Gasteiger partial charge in [0.15, 0.2) is 5.82 Å². The first-order chi connectivity index (χ1) is 9.55. The van der Waals surface area contributed by atoms with Gasteiger partial charge < -0.3 is 10.3 Å². The van der Waals surface area contributed by atoms with Crippen LogP contribution >= 0.6 is 0 Å². The highest BCUT2D eigenvalue weighted by Gasteiger charge is 2.29. The first-order valence-electron chi connectivity index (χ1n) is 7.15. The molecule has 1 aromatic heterocycles. The molecular weight excluding hydrogens is 250 g/mol. The van der Waals surface area contributed by atoms with Crippen LogP contribution in [0.5, 0.6) is 0 Å². The van der Waals surface area contributed by atoms with Crippen molar-refractivity contribution in [2.45, 2.75) is 44.9 Å². The Hall–Kier alpha value is -1.68. The maximum atomic E-state index is 5.54. The van der Waals surface area contributed by atoms with Crippen molar-refractivity contribution in [3.63, 3.8) is 0 Å². The van der Waals surface area contributed by atoms with Crippen LogP contribution < -0.4 is 5.73 Å². The molecule has 0 aliphatic heterocycles. The van der Waals surface area contributed by atoms with E-state index in [2.05, 4.69) is 43.0 Å². The number of hydrogen-bond donors (Lipinski definition) is 1. The van der Waals surface area contributed by atoms with Gasteiger partial charge >= 0.3 is 0 Å². The fraction of sp³-hybridized carbons (Fsp3) is 0.500. The van der Waals surface area contributed by atoms with E-state index in [1.807, 2.05) is 18.2 Å². The third kappa shape index (κ3) is 3.07. The van der Waals surface area contributed by atoms with Crippen molar-refractivity contribution in [2.75, 3.05) is 6.54 Å². The van der Waals surface area contributed by atoms with Crippen molar-refractivity contribution in [2.24, 2.45) is 5.73 Å². The van der Waals surface area contributed by atoms with Gasteiger partial charge in [-0.3, -0.25) is 0 Å². The summed E-state index contributed by atoms with van der Waals surface area (Å²) in [6.07, 6.45) is 1.95. The fourth-order valence-electron chi connectivity index (χ4n) is 2.22. The maximum Gasteiger partial charge on any atom is 0.229 e. The van der Waals surface area contributed by atoms with E-state index in [1.165, 1.54) is 5.56 Å². The average molecular weight is 273 g/mol. The van der Waals surface area contributed by atoms with Crippen LogP contribution in [0, 0.1) is 0 Å². The number of nitrogens with zero attached hydrogens (tertiary/aromatic N) is 2. The van der Waals surface area contributed by atoms with Crippen molar-refractivity contribution in [1.29, 1.82) is 0 Å². The van der Waals surface area contributed by atoms with E-state index in [1.54, 1.807) is 0 Å². The molecule has 0 saturated heterocycles. The summed E-state index contributed by atoms with van der Waals surface area (Å²) in [6.45, 7) is 7.02. The second-order valence-electron chi connectivity index (χ2n) is 5.78. The molecule has 2 rings (SSSR count). The largest absolute Gasteiger partial charge is 0.339 e. The molecule has 20 heavy (non-hydrogen) atoms. The van der Waals surface area contributed by atoms with Crippen molar-refractivity contribution in [3.8, 4) is 0 Å². The average Bonchev–Trinajstić information content (AvgIpc) is 2.96. The minimum absolute atomic E-state index is 0.253. The molecule has 4 nitrogen and oxygen atoms in total. The Morgan fingerprint density at radius 3 is 2.60 bits per heavy atom. The first kappa shape index (κ1) is 14.7. The minimum Gasteiger partial charge on any atom is -0.339 e. The molecule has 1 atom stereocenters. The van der Waals surface area contributed by atoms with Crippen LogP contribution in [0.15, 0.2) is 34.9 Å². The summed E-state index contributed by atoms with van der Waals surface area (Å²) in [6, 6.07) is 10.3. The normalized spacial score (nSPS) is 13.4. The van der Waals surface area contributed by atoms with Gasteiger partial charge in [-0.15, -0.1) is 0 Å². The van der Waals surface area contributed by atoms with E-state index in [4.69, 9.17) is 10.3 Å². The highest BCUT2D eigenvalue weighted by atomic mass is 16.5. The van der Waals surface area contributed by atoms with Gasteiger partial charge in [-0.2, -0.15) is 4.98 Å². The molecule has 2 N–H and O–H groups in total. The Morgan fingerprint density at radius 1 is 1.25 bits per heavy atom. The number of benzene rings is 1. The molecule has 0 aliphatic rings. The van der Waals surface area contributed by atoms with Crippen LogP contribution in [0.1, 0.15) is 56.8 Å². The standard InChI is InChI=1S/C16H23N3O/c1-12(8-7-11-17)14-18-15(19-20-14)16(2,3)13-9-5-4-6-10-13/h4-6,9-10,12H,7-8,11,17H2,1-3H3. The van der Waals surface area contributed by atoms with E-state index >= 15 is 0 Å². The quantitative estimate of drug-likeness (QED) is 0.877. The molecule has 1 aromatic carbocycles. The molecule has 1 unspecified atom stereocenters. The van der Waals surface area contributed by atoms with Crippen molar-refractivity contribution in [1.82, 2.24) is 10.1 Å². The number of hydrogen-bond acceptors (Lipinski definition) is 4. The molecule has 108 valence electrons. The Balaban J connectivity index is 2.19. The Labute approximate surface area is 120 Å². The van der Waals surface area contributed by atoms with Crippen LogP contribution in [0.2, 0.25) is 0 Å². The number of nitrogens with two attached hydrogens (primary N) is 1. The third-order valence-electron chi connectivity index (χ3n) is 3.76. The lowest BCUT2D eigenvalue weighted by Crippen LogP contribution is -2.20. The lowest BCUT2D eigenvalue weighted by Gasteiger charge is -2.20. The summed E-state index contributed by atoms with van der Waals surface area (Å²) < 4.78 is 5.43. The van der Waals surface area contributed by atoms with Crippen LogP contribution in [0.3, 0.4) is 0 Å². The summed E-state index contributed by atoms with van der Waals surface area (Å²) in [5, 5.41) is 4.18. The highest BCUT2D eigenvalue weighted by molar-refractivity contribution is 5.30. The monoisotopic (exact) mass is 273 g/mol. The van der Waals surface area contributed by atoms with Gasteiger partial charge in [0.2, 0.25) is 5.89 Å². The molecule has 0 saturated carbocycles. The predicted molar refractivity (Wildman–Crippen MR) is 79.6 cm³/mol. The van der Waals surface area contributed by atoms with Gasteiger partial charge in [0.05, 0.1) is 5.41 Å². The summed E-state index contributed by atoms with van der Waals surface area (Å²) in [5.41, 5.74) is 6.47. The Morgan fingerprint density at radius 2 is 1.95 bits per heavy atom. The molecular formula is C16H23N3O. The van der Waals surface area contributed by atoms with Crippen molar-refractivity contribution < 1.29 is 4.52 Å². The lowest BCUT2D eigenvalue weighted by atomic mass is 9.84. The molecule has 2 aromatic rings. The van der Waals surface area contributed by atoms with E-state index in [-0.39, 0.29) is 11.3 Å². The van der Waals surface area contributed by atoms with E-state index in [0.29, 0.717) is 12.4 Å². The zero-order valence-corrected chi connectivity index (χ0v) is 12.5. The minimum atomic E-state index is -0.253. The SMILES string of the molecule is CC(CCCN)c1nc(C(C)(C)c2ccccc2)no1. The van der Waals surface area contributed by atoms with Gasteiger partial charge in [0.1, 0.15) is 0 Å².